The van der Waals surface area contributed by atoms with Crippen LogP contribution in [0.1, 0.15) is 0 Å². The minimum atomic E-state index is -6.69. The van der Waals surface area contributed by atoms with Crippen LogP contribution < -0.4 is 103 Å². The van der Waals surface area contributed by atoms with Gasteiger partial charge in [-0.15, -0.1) is 0 Å². The van der Waals surface area contributed by atoms with Gasteiger partial charge in [-0.25, -0.2) is 0 Å². The molecule has 0 saturated heterocycles. The molecular weight excluding hydrogens is 427 g/mol. The zero-order chi connectivity index (χ0) is 10.7. The molecule has 0 atom stereocenters. The summed E-state index contributed by atoms with van der Waals surface area (Å²) in [6.45, 7) is 0. The van der Waals surface area contributed by atoms with Crippen LogP contribution >= 0.6 is 0 Å². The van der Waals surface area contributed by atoms with Gasteiger partial charge < -0.3 is 0 Å². The van der Waals surface area contributed by atoms with E-state index in [1.54, 1.807) is 0 Å². The van der Waals surface area contributed by atoms with Gasteiger partial charge >= 0.3 is 175 Å². The molecule has 9 heteroatoms. The topological polar surface area (TPSA) is 143 Å². The molecular formula is C6IrK2N6. The maximum absolute atomic E-state index is 8.60. The van der Waals surface area contributed by atoms with Gasteiger partial charge in [-0.05, 0) is 0 Å². The summed E-state index contributed by atoms with van der Waals surface area (Å²) in [5.74, 6) is 0. The molecule has 6 nitrogen and oxygen atoms in total. The molecule has 0 bridgehead atoms. The number of rotatable bonds is 0. The Kier molecular flexibility index (Phi) is 8.44. The van der Waals surface area contributed by atoms with E-state index in [-0.39, 0.29) is 103 Å². The molecule has 0 aromatic rings. The second kappa shape index (κ2) is 5.98. The van der Waals surface area contributed by atoms with E-state index < -0.39 is 12.9 Å². The van der Waals surface area contributed by atoms with Crippen LogP contribution in [-0.4, -0.2) is 0 Å². The van der Waals surface area contributed by atoms with Gasteiger partial charge in [0.1, 0.15) is 0 Å². The third-order valence-electron chi connectivity index (χ3n) is 1.12. The van der Waals surface area contributed by atoms with E-state index in [4.69, 9.17) is 31.6 Å². The zero-order valence-corrected chi connectivity index (χ0v) is 16.7. The molecule has 0 aliphatic heterocycles. The number of nitrogens with zero attached hydrogens (tertiary/aromatic N) is 6. The molecule has 0 radical (unpaired) electrons. The molecule has 0 aromatic heterocycles. The second-order valence-electron chi connectivity index (χ2n) is 1.70. The molecule has 0 aliphatic carbocycles. The Bertz CT molecular complexity index is 395. The number of hydrogen-bond acceptors (Lipinski definition) is 6. The van der Waals surface area contributed by atoms with Crippen molar-refractivity contribution in [2.75, 3.05) is 0 Å². The van der Waals surface area contributed by atoms with Crippen LogP contribution in [0.4, 0.5) is 0 Å². The predicted molar refractivity (Wildman–Crippen MR) is 33.7 cm³/mol. The Labute approximate surface area is 170 Å². The first kappa shape index (κ1) is 21.2. The summed E-state index contributed by atoms with van der Waals surface area (Å²) >= 11 is -6.69. The van der Waals surface area contributed by atoms with Gasteiger partial charge in [0, 0.05) is 0 Å². The van der Waals surface area contributed by atoms with Gasteiger partial charge in [0.15, 0.2) is 0 Å². The first-order valence-corrected chi connectivity index (χ1v) is 9.53. The first-order chi connectivity index (χ1) is 5.97. The summed E-state index contributed by atoms with van der Waals surface area (Å²) in [4.78, 5) is 0. The van der Waals surface area contributed by atoms with Crippen molar-refractivity contribution in [2.24, 2.45) is 0 Å². The fraction of sp³-hybridized carbons (Fsp3) is 0. The van der Waals surface area contributed by atoms with Crippen molar-refractivity contribution in [2.45, 2.75) is 0 Å². The summed E-state index contributed by atoms with van der Waals surface area (Å²) in [6, 6.07) is 0. The minimum absolute atomic E-state index is 0. The van der Waals surface area contributed by atoms with Crippen molar-refractivity contribution in [1.82, 2.24) is 0 Å². The van der Waals surface area contributed by atoms with Crippen molar-refractivity contribution in [3.05, 3.63) is 0 Å². The fourth-order valence-electron chi connectivity index (χ4n) is 0.250. The van der Waals surface area contributed by atoms with E-state index in [2.05, 4.69) is 0 Å². The first-order valence-electron chi connectivity index (χ1n) is 2.34. The van der Waals surface area contributed by atoms with E-state index in [9.17, 15) is 0 Å². The van der Waals surface area contributed by atoms with Gasteiger partial charge in [-0.3, -0.25) is 0 Å². The van der Waals surface area contributed by atoms with E-state index >= 15 is 0 Å². The van der Waals surface area contributed by atoms with Crippen molar-refractivity contribution in [3.8, 4) is 27.5 Å². The summed E-state index contributed by atoms with van der Waals surface area (Å²) in [5.41, 5.74) is 0. The summed E-state index contributed by atoms with van der Waals surface area (Å²) < 4.78 is 6.44. The monoisotopic (exact) mass is 427 g/mol. The molecule has 0 N–H and O–H groups in total. The van der Waals surface area contributed by atoms with Gasteiger partial charge in [0.05, 0.1) is 0 Å². The van der Waals surface area contributed by atoms with E-state index in [1.807, 2.05) is 0 Å². The molecule has 0 heterocycles. The number of nitriles is 6. The predicted octanol–water partition coefficient (Wildman–Crippen LogP) is -5.89. The van der Waals surface area contributed by atoms with E-state index in [0.717, 1.165) is 27.5 Å². The van der Waals surface area contributed by atoms with Crippen LogP contribution in [0.15, 0.2) is 0 Å². The molecule has 65 valence electrons. The molecule has 15 heavy (non-hydrogen) atoms. The molecule has 0 aromatic carbocycles. The quantitative estimate of drug-likeness (QED) is 0.353. The van der Waals surface area contributed by atoms with Crippen LogP contribution in [0.5, 0.6) is 0 Å². The van der Waals surface area contributed by atoms with Crippen molar-refractivity contribution in [3.63, 3.8) is 0 Å². The normalized spacial score (nSPS) is 11.6. The van der Waals surface area contributed by atoms with Crippen LogP contribution in [0, 0.1) is 59.1 Å². The molecule has 0 amide bonds. The van der Waals surface area contributed by atoms with Gasteiger partial charge in [-0.2, -0.15) is 0 Å². The second-order valence-corrected chi connectivity index (χ2v) is 13.9. The largest absolute Gasteiger partial charge is 1.00 e. The van der Waals surface area contributed by atoms with Crippen molar-refractivity contribution < 1.29 is 116 Å². The summed E-state index contributed by atoms with van der Waals surface area (Å²) in [6.07, 6.45) is 0. The zero-order valence-electron chi connectivity index (χ0n) is 8.02. The molecule has 0 saturated carbocycles. The van der Waals surface area contributed by atoms with Crippen LogP contribution in [0.3, 0.4) is 0 Å². The smallest absolute Gasteiger partial charge is 1.00 e. The molecule has 0 aliphatic rings. The average Bonchev–Trinajstić information content (AvgIpc) is 2.26. The maximum Gasteiger partial charge on any atom is 1.00 e. The van der Waals surface area contributed by atoms with Crippen LogP contribution in [-0.2, 0) is 12.9 Å². The average molecular weight is 427 g/mol. The Morgan fingerprint density at radius 2 is 0.600 bits per heavy atom. The SMILES string of the molecule is N#[C][Ir-2]([C]#N)([C]#N)([C]#N)([C]#N)[C]#N.[K+].[K+]. The van der Waals surface area contributed by atoms with E-state index in [1.165, 1.54) is 0 Å². The maximum atomic E-state index is 8.60. The van der Waals surface area contributed by atoms with Gasteiger partial charge in [-0.1, -0.05) is 0 Å². The summed E-state index contributed by atoms with van der Waals surface area (Å²) in [7, 11) is 0. The van der Waals surface area contributed by atoms with Gasteiger partial charge in [0.25, 0.3) is 0 Å². The fourth-order valence-corrected chi connectivity index (χ4v) is 2.05. The Balaban J connectivity index is -0.000000720. The third-order valence-corrected chi connectivity index (χ3v) is 9.15. The van der Waals surface area contributed by atoms with Gasteiger partial charge in [0.2, 0.25) is 0 Å². The van der Waals surface area contributed by atoms with Crippen molar-refractivity contribution >= 4 is 0 Å². The Morgan fingerprint density at radius 3 is 0.600 bits per heavy atom. The Hall–Kier alpha value is 0.862. The molecule has 0 fully saturated rings. The standard InChI is InChI=1S/6CN.Ir.2K/c6*1-2;;;/q;;;;;;-2;2*+1. The Morgan fingerprint density at radius 1 is 0.467 bits per heavy atom. The van der Waals surface area contributed by atoms with E-state index in [0.29, 0.717) is 0 Å². The molecule has 0 rings (SSSR count). The third kappa shape index (κ3) is 2.58. The van der Waals surface area contributed by atoms with Crippen LogP contribution in [0.25, 0.3) is 0 Å². The van der Waals surface area contributed by atoms with Crippen LogP contribution in [0.2, 0.25) is 0 Å². The summed E-state index contributed by atoms with van der Waals surface area (Å²) in [5, 5.41) is 51.6. The minimum Gasteiger partial charge on any atom is 1.00 e. The molecule has 0 spiro atoms. The number of hydrogen-bond donors (Lipinski definition) is 0. The molecule has 0 unspecified atom stereocenters. The van der Waals surface area contributed by atoms with Crippen molar-refractivity contribution in [1.29, 1.82) is 31.6 Å².